The Morgan fingerprint density at radius 1 is 1.23 bits per heavy atom. The lowest BCUT2D eigenvalue weighted by molar-refractivity contribution is -0.122. The van der Waals surface area contributed by atoms with Crippen LogP contribution in [0.3, 0.4) is 0 Å². The molecule has 1 aromatic carbocycles. The number of nitrogens with one attached hydrogen (secondary N) is 2. The Kier molecular flexibility index (Phi) is 4.42. The van der Waals surface area contributed by atoms with Gasteiger partial charge in [0.25, 0.3) is 11.8 Å². The summed E-state index contributed by atoms with van der Waals surface area (Å²) in [5.74, 6) is -2.46. The second-order valence-electron chi connectivity index (χ2n) is 7.59. The summed E-state index contributed by atoms with van der Waals surface area (Å²) in [7, 11) is 0. The Balaban J connectivity index is 1.43. The van der Waals surface area contributed by atoms with Gasteiger partial charge in [-0.15, -0.1) is 0 Å². The van der Waals surface area contributed by atoms with E-state index in [0.717, 1.165) is 18.4 Å². The van der Waals surface area contributed by atoms with Gasteiger partial charge in [0.05, 0.1) is 19.2 Å². The summed E-state index contributed by atoms with van der Waals surface area (Å²) in [6.45, 7) is 0.0965. The van der Waals surface area contributed by atoms with Crippen LogP contribution in [-0.4, -0.2) is 36.9 Å². The van der Waals surface area contributed by atoms with Crippen molar-refractivity contribution in [2.75, 3.05) is 13.2 Å². The van der Waals surface area contributed by atoms with E-state index in [-0.39, 0.29) is 0 Å². The molecule has 1 heterocycles. The zero-order chi connectivity index (χ0) is 18.3. The molecule has 4 rings (SSSR count). The van der Waals surface area contributed by atoms with Crippen molar-refractivity contribution in [2.45, 2.75) is 50.0 Å². The molecule has 0 spiro atoms. The number of carbonyl (C=O) groups is 2. The third kappa shape index (κ3) is 4.03. The van der Waals surface area contributed by atoms with Crippen molar-refractivity contribution in [1.29, 1.82) is 0 Å². The van der Waals surface area contributed by atoms with E-state index >= 15 is 0 Å². The molecule has 0 unspecified atom stereocenters. The van der Waals surface area contributed by atoms with E-state index in [0.29, 0.717) is 29.8 Å². The Hall–Kier alpha value is -2.02. The molecule has 0 radical (unpaired) electrons. The fourth-order valence-corrected chi connectivity index (χ4v) is 3.20. The number of ether oxygens (including phenoxy) is 1. The van der Waals surface area contributed by atoms with E-state index in [1.165, 1.54) is 12.8 Å². The molecule has 26 heavy (non-hydrogen) atoms. The topological polar surface area (TPSA) is 67.4 Å². The molecule has 5 nitrogen and oxygen atoms in total. The summed E-state index contributed by atoms with van der Waals surface area (Å²) in [5.41, 5.74) is 1.41. The monoisotopic (exact) mass is 364 g/mol. The summed E-state index contributed by atoms with van der Waals surface area (Å²) in [4.78, 5) is 24.4. The van der Waals surface area contributed by atoms with Crippen LogP contribution in [-0.2, 0) is 4.79 Å². The van der Waals surface area contributed by atoms with E-state index in [9.17, 15) is 18.4 Å². The van der Waals surface area contributed by atoms with Gasteiger partial charge in [-0.25, -0.2) is 8.78 Å². The molecular weight excluding hydrogens is 342 g/mol. The molecule has 1 aromatic rings. The van der Waals surface area contributed by atoms with Crippen molar-refractivity contribution in [3.05, 3.63) is 29.3 Å². The standard InChI is InChI=1S/C19H22F2N2O3/c20-19(21)8-15(22-10-19)18(25)23-17(24)13-5-6-14(12-3-4-12)16(7-13)26-9-11-1-2-11/h5-7,11-12,15,22H,1-4,8-10H2,(H,23,24,25)/t15-/m0/s1. The average Bonchev–Trinajstić information content (AvgIpc) is 3.51. The predicted molar refractivity (Wildman–Crippen MR) is 90.5 cm³/mol. The highest BCUT2D eigenvalue weighted by Gasteiger charge is 2.42. The van der Waals surface area contributed by atoms with Gasteiger partial charge < -0.3 is 4.74 Å². The van der Waals surface area contributed by atoms with Crippen LogP contribution in [0.5, 0.6) is 5.75 Å². The van der Waals surface area contributed by atoms with Crippen LogP contribution < -0.4 is 15.4 Å². The van der Waals surface area contributed by atoms with E-state index in [2.05, 4.69) is 10.6 Å². The van der Waals surface area contributed by atoms with Gasteiger partial charge in [-0.05, 0) is 55.2 Å². The average molecular weight is 364 g/mol. The molecule has 2 amide bonds. The molecule has 1 atom stereocenters. The minimum absolute atomic E-state index is 0.304. The molecule has 2 saturated carbocycles. The smallest absolute Gasteiger partial charge is 0.262 e. The van der Waals surface area contributed by atoms with Crippen LogP contribution in [0.4, 0.5) is 8.78 Å². The number of carbonyl (C=O) groups excluding carboxylic acids is 2. The molecule has 3 fully saturated rings. The van der Waals surface area contributed by atoms with E-state index in [4.69, 9.17) is 4.74 Å². The fraction of sp³-hybridized carbons (Fsp3) is 0.579. The summed E-state index contributed by atoms with van der Waals surface area (Å²) in [5, 5.41) is 4.66. The highest BCUT2D eigenvalue weighted by atomic mass is 19.3. The summed E-state index contributed by atoms with van der Waals surface area (Å²) < 4.78 is 32.3. The second-order valence-corrected chi connectivity index (χ2v) is 7.59. The minimum Gasteiger partial charge on any atom is -0.493 e. The molecule has 0 aromatic heterocycles. The number of imide groups is 1. The number of rotatable bonds is 6. The molecular formula is C19H22F2N2O3. The minimum atomic E-state index is -2.92. The van der Waals surface area contributed by atoms with Crippen LogP contribution in [0.1, 0.15) is 53.9 Å². The Morgan fingerprint density at radius 3 is 2.62 bits per heavy atom. The zero-order valence-electron chi connectivity index (χ0n) is 14.4. The third-order valence-electron chi connectivity index (χ3n) is 5.13. The van der Waals surface area contributed by atoms with E-state index in [1.54, 1.807) is 12.1 Å². The molecule has 7 heteroatoms. The first kappa shape index (κ1) is 17.4. The number of alkyl halides is 2. The molecule has 3 aliphatic rings. The van der Waals surface area contributed by atoms with Gasteiger partial charge in [-0.2, -0.15) is 0 Å². The van der Waals surface area contributed by atoms with Gasteiger partial charge in [0.1, 0.15) is 5.75 Å². The SMILES string of the molecule is O=C(NC(=O)[C@@H]1CC(F)(F)CN1)c1ccc(C2CC2)c(OCC2CC2)c1. The van der Waals surface area contributed by atoms with Crippen molar-refractivity contribution in [3.63, 3.8) is 0 Å². The van der Waals surface area contributed by atoms with Crippen molar-refractivity contribution >= 4 is 11.8 Å². The lowest BCUT2D eigenvalue weighted by atomic mass is 10.1. The maximum atomic E-state index is 13.2. The number of amides is 2. The summed E-state index contributed by atoms with van der Waals surface area (Å²) in [6.07, 6.45) is 3.98. The van der Waals surface area contributed by atoms with Gasteiger partial charge in [0.2, 0.25) is 5.91 Å². The van der Waals surface area contributed by atoms with E-state index in [1.807, 2.05) is 6.07 Å². The lowest BCUT2D eigenvalue weighted by Gasteiger charge is -2.14. The number of halogens is 2. The quantitative estimate of drug-likeness (QED) is 0.762. The van der Waals surface area contributed by atoms with Crippen molar-refractivity contribution in [2.24, 2.45) is 5.92 Å². The van der Waals surface area contributed by atoms with Crippen molar-refractivity contribution in [3.8, 4) is 5.75 Å². The maximum Gasteiger partial charge on any atom is 0.262 e. The molecule has 1 aliphatic heterocycles. The van der Waals surface area contributed by atoms with Gasteiger partial charge in [-0.1, -0.05) is 6.07 Å². The molecule has 2 N–H and O–H groups in total. The zero-order valence-corrected chi connectivity index (χ0v) is 14.4. The first-order chi connectivity index (χ1) is 12.4. The highest BCUT2D eigenvalue weighted by Crippen LogP contribution is 2.45. The summed E-state index contributed by atoms with van der Waals surface area (Å²) in [6, 6.07) is 4.15. The van der Waals surface area contributed by atoms with Gasteiger partial charge in [0, 0.05) is 12.0 Å². The lowest BCUT2D eigenvalue weighted by Crippen LogP contribution is -2.43. The Labute approximate surface area is 150 Å². The van der Waals surface area contributed by atoms with Gasteiger partial charge in [-0.3, -0.25) is 20.2 Å². The summed E-state index contributed by atoms with van der Waals surface area (Å²) >= 11 is 0. The van der Waals surface area contributed by atoms with Crippen LogP contribution in [0, 0.1) is 5.92 Å². The fourth-order valence-electron chi connectivity index (χ4n) is 3.20. The van der Waals surface area contributed by atoms with Crippen LogP contribution in [0.25, 0.3) is 0 Å². The predicted octanol–water partition coefficient (Wildman–Crippen LogP) is 2.61. The van der Waals surface area contributed by atoms with E-state index < -0.39 is 36.7 Å². The Bertz CT molecular complexity index is 729. The van der Waals surface area contributed by atoms with Crippen LogP contribution >= 0.6 is 0 Å². The van der Waals surface area contributed by atoms with Crippen molar-refractivity contribution < 1.29 is 23.1 Å². The molecule has 140 valence electrons. The largest absolute Gasteiger partial charge is 0.493 e. The van der Waals surface area contributed by atoms with Crippen LogP contribution in [0.15, 0.2) is 18.2 Å². The first-order valence-electron chi connectivity index (χ1n) is 9.14. The maximum absolute atomic E-state index is 13.2. The normalized spacial score (nSPS) is 24.3. The highest BCUT2D eigenvalue weighted by molar-refractivity contribution is 6.06. The van der Waals surface area contributed by atoms with Gasteiger partial charge in [0.15, 0.2) is 0 Å². The first-order valence-corrected chi connectivity index (χ1v) is 9.14. The molecule has 2 aliphatic carbocycles. The number of hydrogen-bond donors (Lipinski definition) is 2. The molecule has 0 bridgehead atoms. The van der Waals surface area contributed by atoms with Gasteiger partial charge >= 0.3 is 0 Å². The second kappa shape index (κ2) is 6.61. The number of hydrogen-bond acceptors (Lipinski definition) is 4. The Morgan fingerprint density at radius 2 is 2.00 bits per heavy atom. The van der Waals surface area contributed by atoms with Crippen molar-refractivity contribution in [1.82, 2.24) is 10.6 Å². The third-order valence-corrected chi connectivity index (χ3v) is 5.13. The van der Waals surface area contributed by atoms with Crippen LogP contribution in [0.2, 0.25) is 0 Å². The molecule has 1 saturated heterocycles. The number of benzene rings is 1.